The number of rotatable bonds is 5. The van der Waals surface area contributed by atoms with E-state index in [1.165, 1.54) is 16.2 Å². The fraction of sp³-hybridized carbons (Fsp3) is 0.500. The molecule has 3 heterocycles. The first-order chi connectivity index (χ1) is 12.1. The lowest BCUT2D eigenvalue weighted by molar-refractivity contribution is -0.133. The molecular formula is C16H15BrN4O3S. The van der Waals surface area contributed by atoms with Crippen molar-refractivity contribution in [3.05, 3.63) is 21.8 Å². The van der Waals surface area contributed by atoms with E-state index in [4.69, 9.17) is 4.52 Å². The van der Waals surface area contributed by atoms with Crippen LogP contribution in [0.15, 0.2) is 20.4 Å². The Morgan fingerprint density at radius 2 is 2.04 bits per heavy atom. The molecule has 3 aliphatic rings. The molecule has 0 spiro atoms. The van der Waals surface area contributed by atoms with Crippen molar-refractivity contribution in [3.8, 4) is 10.7 Å². The predicted octanol–water partition coefficient (Wildman–Crippen LogP) is 3.17. The van der Waals surface area contributed by atoms with E-state index >= 15 is 0 Å². The zero-order valence-corrected chi connectivity index (χ0v) is 15.6. The lowest BCUT2D eigenvalue weighted by Crippen LogP contribution is -2.51. The van der Waals surface area contributed by atoms with Crippen LogP contribution in [0.5, 0.6) is 0 Å². The fourth-order valence-corrected chi connectivity index (χ4v) is 5.06. The maximum atomic E-state index is 13.0. The van der Waals surface area contributed by atoms with E-state index in [0.29, 0.717) is 5.82 Å². The van der Waals surface area contributed by atoms with Crippen LogP contribution in [0.2, 0.25) is 0 Å². The third-order valence-corrected chi connectivity index (χ3v) is 6.84. The third-order valence-electron chi connectivity index (χ3n) is 5.15. The summed E-state index contributed by atoms with van der Waals surface area (Å²) < 4.78 is 6.21. The number of thiophene rings is 1. The van der Waals surface area contributed by atoms with Gasteiger partial charge >= 0.3 is 6.03 Å². The molecule has 0 atom stereocenters. The molecule has 2 saturated carbocycles. The number of halogens is 1. The summed E-state index contributed by atoms with van der Waals surface area (Å²) in [4.78, 5) is 31.9. The van der Waals surface area contributed by atoms with E-state index in [-0.39, 0.29) is 36.2 Å². The highest BCUT2D eigenvalue weighted by atomic mass is 79.9. The van der Waals surface area contributed by atoms with E-state index in [1.54, 1.807) is 0 Å². The molecule has 1 saturated heterocycles. The van der Waals surface area contributed by atoms with Crippen LogP contribution in [-0.2, 0) is 11.3 Å². The van der Waals surface area contributed by atoms with Gasteiger partial charge in [0.05, 0.1) is 4.88 Å². The quantitative estimate of drug-likeness (QED) is 0.747. The second-order valence-electron chi connectivity index (χ2n) is 6.88. The van der Waals surface area contributed by atoms with Gasteiger partial charge in [-0.25, -0.2) is 4.79 Å². The van der Waals surface area contributed by atoms with Crippen LogP contribution in [0.25, 0.3) is 10.7 Å². The third kappa shape index (κ3) is 2.43. The number of hydrogen-bond donors (Lipinski definition) is 1. The van der Waals surface area contributed by atoms with Gasteiger partial charge in [0.15, 0.2) is 0 Å². The molecule has 0 bridgehead atoms. The average molecular weight is 423 g/mol. The summed E-state index contributed by atoms with van der Waals surface area (Å²) >= 11 is 4.88. The Bertz CT molecular complexity index is 858. The number of aromatic nitrogens is 2. The van der Waals surface area contributed by atoms with E-state index in [9.17, 15) is 9.59 Å². The van der Waals surface area contributed by atoms with Gasteiger partial charge in [-0.05, 0) is 59.5 Å². The van der Waals surface area contributed by atoms with Gasteiger partial charge < -0.3 is 9.84 Å². The van der Waals surface area contributed by atoms with Crippen molar-refractivity contribution >= 4 is 39.2 Å². The van der Waals surface area contributed by atoms with Crippen LogP contribution in [0.4, 0.5) is 4.79 Å². The Hall–Kier alpha value is -1.74. The summed E-state index contributed by atoms with van der Waals surface area (Å²) in [7, 11) is 0. The van der Waals surface area contributed by atoms with Crippen LogP contribution in [0, 0.1) is 11.8 Å². The Kier molecular flexibility index (Phi) is 3.34. The minimum atomic E-state index is -0.682. The van der Waals surface area contributed by atoms with Crippen molar-refractivity contribution < 1.29 is 14.1 Å². The molecule has 0 aromatic carbocycles. The first-order valence-corrected chi connectivity index (χ1v) is 9.96. The van der Waals surface area contributed by atoms with E-state index in [1.807, 2.05) is 11.4 Å². The SMILES string of the molecule is O=C1NC(C2CC2)(C2CC2)C(=O)N1Cc1nc(-c2cc(Br)cs2)no1. The Labute approximate surface area is 155 Å². The minimum Gasteiger partial charge on any atom is -0.337 e. The summed E-state index contributed by atoms with van der Waals surface area (Å²) in [6, 6.07) is 1.56. The monoisotopic (exact) mass is 422 g/mol. The van der Waals surface area contributed by atoms with Gasteiger partial charge in [-0.3, -0.25) is 9.69 Å². The maximum absolute atomic E-state index is 13.0. The summed E-state index contributed by atoms with van der Waals surface area (Å²) in [6.45, 7) is 0.0192. The van der Waals surface area contributed by atoms with Crippen LogP contribution in [0.1, 0.15) is 31.6 Å². The van der Waals surface area contributed by atoms with Crippen molar-refractivity contribution in [2.75, 3.05) is 0 Å². The standard InChI is InChI=1S/C16H15BrN4O3S/c17-10-5-11(25-7-10)13-18-12(24-20-13)6-21-14(22)16(8-1-2-8,9-3-4-9)19-15(21)23/h5,7-9H,1-4,6H2,(H,19,23). The van der Waals surface area contributed by atoms with Crippen molar-refractivity contribution in [2.24, 2.45) is 11.8 Å². The second-order valence-corrected chi connectivity index (χ2v) is 8.71. The van der Waals surface area contributed by atoms with Gasteiger partial charge in [0, 0.05) is 9.85 Å². The highest BCUT2D eigenvalue weighted by Gasteiger charge is 2.65. The first kappa shape index (κ1) is 15.5. The molecule has 2 aromatic rings. The molecule has 25 heavy (non-hydrogen) atoms. The fourth-order valence-electron chi connectivity index (χ4n) is 3.71. The number of carbonyl (C=O) groups excluding carboxylic acids is 2. The summed E-state index contributed by atoms with van der Waals surface area (Å²) in [5.74, 6) is 1.17. The number of nitrogens with zero attached hydrogens (tertiary/aromatic N) is 3. The van der Waals surface area contributed by atoms with E-state index < -0.39 is 5.54 Å². The molecule has 9 heteroatoms. The lowest BCUT2D eigenvalue weighted by atomic mass is 9.87. The topological polar surface area (TPSA) is 88.3 Å². The largest absolute Gasteiger partial charge is 0.337 e. The number of urea groups is 1. The molecule has 2 aromatic heterocycles. The van der Waals surface area contributed by atoms with Crippen LogP contribution in [-0.4, -0.2) is 32.5 Å². The number of carbonyl (C=O) groups is 2. The smallest absolute Gasteiger partial charge is 0.325 e. The first-order valence-electron chi connectivity index (χ1n) is 8.29. The zero-order valence-electron chi connectivity index (χ0n) is 13.2. The van der Waals surface area contributed by atoms with E-state index in [2.05, 4.69) is 31.4 Å². The van der Waals surface area contributed by atoms with Crippen molar-refractivity contribution in [1.82, 2.24) is 20.4 Å². The average Bonchev–Trinajstić information content (AvgIpc) is 3.51. The summed E-state index contributed by atoms with van der Waals surface area (Å²) in [6.07, 6.45) is 4.03. The molecule has 0 unspecified atom stereocenters. The molecule has 2 aliphatic carbocycles. The van der Waals surface area contributed by atoms with Gasteiger partial charge in [0.1, 0.15) is 12.1 Å². The number of nitrogens with one attached hydrogen (secondary N) is 1. The zero-order chi connectivity index (χ0) is 17.2. The molecule has 3 fully saturated rings. The molecule has 1 aliphatic heterocycles. The molecule has 130 valence electrons. The van der Waals surface area contributed by atoms with Crippen LogP contribution < -0.4 is 5.32 Å². The summed E-state index contributed by atoms with van der Waals surface area (Å²) in [5.41, 5.74) is -0.682. The molecule has 1 N–H and O–H groups in total. The van der Waals surface area contributed by atoms with Gasteiger partial charge in [0.25, 0.3) is 5.91 Å². The van der Waals surface area contributed by atoms with Crippen molar-refractivity contribution in [1.29, 1.82) is 0 Å². The second kappa shape index (κ2) is 5.38. The minimum absolute atomic E-state index is 0.0192. The Morgan fingerprint density at radius 1 is 1.32 bits per heavy atom. The number of hydrogen-bond acceptors (Lipinski definition) is 6. The molecule has 0 radical (unpaired) electrons. The number of imide groups is 1. The van der Waals surface area contributed by atoms with E-state index in [0.717, 1.165) is 35.0 Å². The molecule has 7 nitrogen and oxygen atoms in total. The normalized spacial score (nSPS) is 22.5. The van der Waals surface area contributed by atoms with Gasteiger partial charge in [-0.1, -0.05) is 5.16 Å². The predicted molar refractivity (Wildman–Crippen MR) is 92.6 cm³/mol. The molecular weight excluding hydrogens is 408 g/mol. The van der Waals surface area contributed by atoms with Gasteiger partial charge in [0.2, 0.25) is 11.7 Å². The highest BCUT2D eigenvalue weighted by Crippen LogP contribution is 2.54. The molecule has 3 amide bonds. The molecule has 5 rings (SSSR count). The van der Waals surface area contributed by atoms with Gasteiger partial charge in [-0.2, -0.15) is 4.98 Å². The maximum Gasteiger partial charge on any atom is 0.325 e. The Balaban J connectivity index is 1.38. The van der Waals surface area contributed by atoms with Crippen LogP contribution >= 0.6 is 27.3 Å². The van der Waals surface area contributed by atoms with Crippen molar-refractivity contribution in [2.45, 2.75) is 37.8 Å². The number of amides is 3. The Morgan fingerprint density at radius 3 is 2.64 bits per heavy atom. The van der Waals surface area contributed by atoms with Crippen LogP contribution in [0.3, 0.4) is 0 Å². The highest BCUT2D eigenvalue weighted by molar-refractivity contribution is 9.10. The van der Waals surface area contributed by atoms with Gasteiger partial charge in [-0.15, -0.1) is 11.3 Å². The van der Waals surface area contributed by atoms with Crippen molar-refractivity contribution in [3.63, 3.8) is 0 Å². The lowest BCUT2D eigenvalue weighted by Gasteiger charge is -2.26. The summed E-state index contributed by atoms with van der Waals surface area (Å²) in [5, 5.41) is 8.89.